The number of carbonyl (C=O) groups excluding carboxylic acids is 1. The number of rotatable bonds is 9. The van der Waals surface area contributed by atoms with Crippen LogP contribution in [0.2, 0.25) is 0 Å². The molecule has 0 spiro atoms. The van der Waals surface area contributed by atoms with E-state index in [9.17, 15) is 9.36 Å². The van der Waals surface area contributed by atoms with Crippen molar-refractivity contribution in [3.05, 3.63) is 6.33 Å². The van der Waals surface area contributed by atoms with E-state index in [0.717, 1.165) is 0 Å². The number of alkyl halides is 1. The first-order valence-electron chi connectivity index (χ1n) is 11.3. The first-order chi connectivity index (χ1) is 16.5. The zero-order valence-corrected chi connectivity index (χ0v) is 20.8. The van der Waals surface area contributed by atoms with Crippen LogP contribution in [-0.4, -0.2) is 69.3 Å². The maximum Gasteiger partial charge on any atom is 0.475 e. The highest BCUT2D eigenvalue weighted by Crippen LogP contribution is 2.59. The molecule has 0 aliphatic carbocycles. The number of esters is 1. The molecule has 5 atom stereocenters. The zero-order valence-electron chi connectivity index (χ0n) is 19.9. The number of aromatic nitrogens is 4. The summed E-state index contributed by atoms with van der Waals surface area (Å²) in [6.07, 6.45) is -1.97. The highest BCUT2D eigenvalue weighted by atomic mass is 31.2. The van der Waals surface area contributed by atoms with Crippen molar-refractivity contribution >= 4 is 30.9 Å². The van der Waals surface area contributed by atoms with E-state index in [1.807, 2.05) is 0 Å². The van der Waals surface area contributed by atoms with Gasteiger partial charge in [0.2, 0.25) is 11.8 Å². The third kappa shape index (κ3) is 5.26. The van der Waals surface area contributed by atoms with E-state index >= 15 is 4.39 Å². The Morgan fingerprint density at radius 1 is 1.43 bits per heavy atom. The van der Waals surface area contributed by atoms with Crippen LogP contribution in [0, 0.1) is 0 Å². The number of phosphoric acid groups is 1. The summed E-state index contributed by atoms with van der Waals surface area (Å²) in [6, 6.07) is 0. The minimum absolute atomic E-state index is 0.0681. The van der Waals surface area contributed by atoms with Gasteiger partial charge in [-0.1, -0.05) is 0 Å². The van der Waals surface area contributed by atoms with E-state index in [2.05, 4.69) is 15.0 Å². The molecule has 15 heteroatoms. The monoisotopic (exact) mass is 517 g/mol. The summed E-state index contributed by atoms with van der Waals surface area (Å²) in [5.41, 5.74) is 4.12. The van der Waals surface area contributed by atoms with Gasteiger partial charge < -0.3 is 19.9 Å². The number of carbonyl (C=O) groups is 1. The van der Waals surface area contributed by atoms with Crippen LogP contribution in [-0.2, 0) is 32.4 Å². The number of hydrogen-bond donors (Lipinski definition) is 1. The van der Waals surface area contributed by atoms with E-state index in [4.69, 9.17) is 33.5 Å². The van der Waals surface area contributed by atoms with Crippen LogP contribution in [0.4, 0.5) is 10.3 Å². The molecule has 2 aliphatic heterocycles. The molecule has 0 aromatic carbocycles. The number of anilines is 1. The van der Waals surface area contributed by atoms with Crippen LogP contribution >= 0.6 is 7.82 Å². The fraction of sp³-hybridized carbons (Fsp3) is 0.700. The second kappa shape index (κ2) is 9.94. The normalized spacial score (nSPS) is 30.5. The van der Waals surface area contributed by atoms with E-state index in [-0.39, 0.29) is 55.2 Å². The van der Waals surface area contributed by atoms with Gasteiger partial charge in [-0.3, -0.25) is 22.9 Å². The maximum absolute atomic E-state index is 16.1. The summed E-state index contributed by atoms with van der Waals surface area (Å²) in [4.78, 5) is 24.1. The summed E-state index contributed by atoms with van der Waals surface area (Å²) in [7, 11) is -4.09. The van der Waals surface area contributed by atoms with Gasteiger partial charge >= 0.3 is 13.8 Å². The smallest absolute Gasteiger partial charge is 0.475 e. The predicted octanol–water partition coefficient (Wildman–Crippen LogP) is 2.70. The van der Waals surface area contributed by atoms with Gasteiger partial charge in [0.05, 0.1) is 32.3 Å². The van der Waals surface area contributed by atoms with Crippen molar-refractivity contribution in [3.63, 3.8) is 0 Å². The van der Waals surface area contributed by atoms with E-state index in [0.29, 0.717) is 6.61 Å². The van der Waals surface area contributed by atoms with Gasteiger partial charge in [0.25, 0.3) is 0 Å². The van der Waals surface area contributed by atoms with Gasteiger partial charge in [-0.15, -0.1) is 0 Å². The van der Waals surface area contributed by atoms with Crippen molar-refractivity contribution in [1.29, 1.82) is 0 Å². The van der Waals surface area contributed by atoms with Gasteiger partial charge in [-0.2, -0.15) is 9.97 Å². The van der Waals surface area contributed by atoms with E-state index in [1.165, 1.54) is 17.8 Å². The molecule has 194 valence electrons. The molecule has 2 saturated heterocycles. The Labute approximate surface area is 201 Å². The molecule has 0 radical (unpaired) electrons. The maximum atomic E-state index is 16.1. The van der Waals surface area contributed by atoms with Crippen LogP contribution in [0.1, 0.15) is 46.8 Å². The van der Waals surface area contributed by atoms with Crippen LogP contribution in [0.15, 0.2) is 6.33 Å². The number of fused-ring (bicyclic) bond motifs is 2. The number of nitrogen functional groups attached to an aromatic ring is 1. The molecular weight excluding hydrogens is 488 g/mol. The molecular formula is C20H29FN5O8P. The Morgan fingerprint density at radius 3 is 2.91 bits per heavy atom. The van der Waals surface area contributed by atoms with Crippen LogP contribution in [0.5, 0.6) is 5.88 Å². The van der Waals surface area contributed by atoms with Crippen molar-refractivity contribution < 1.29 is 41.5 Å². The summed E-state index contributed by atoms with van der Waals surface area (Å²) in [5, 5.41) is 0. The van der Waals surface area contributed by atoms with Gasteiger partial charge in [-0.05, 0) is 34.1 Å². The lowest BCUT2D eigenvalue weighted by molar-refractivity contribution is -0.147. The molecule has 2 aliphatic rings. The molecule has 4 heterocycles. The molecule has 2 aromatic heterocycles. The Balaban J connectivity index is 1.47. The highest BCUT2D eigenvalue weighted by Gasteiger charge is 2.61. The molecule has 13 nitrogen and oxygen atoms in total. The molecule has 35 heavy (non-hydrogen) atoms. The summed E-state index contributed by atoms with van der Waals surface area (Å²) < 4.78 is 62.9. The molecule has 0 bridgehead atoms. The van der Waals surface area contributed by atoms with E-state index in [1.54, 1.807) is 20.8 Å². The van der Waals surface area contributed by atoms with Crippen molar-refractivity contribution in [2.75, 3.05) is 25.6 Å². The molecule has 0 saturated carbocycles. The second-order valence-corrected chi connectivity index (χ2v) is 10.2. The summed E-state index contributed by atoms with van der Waals surface area (Å²) in [6.45, 7) is 6.52. The van der Waals surface area contributed by atoms with Gasteiger partial charge in [-0.25, -0.2) is 13.9 Å². The first kappa shape index (κ1) is 25.7. The number of ether oxygens (including phenoxy) is 3. The van der Waals surface area contributed by atoms with Gasteiger partial charge in [0.15, 0.2) is 23.1 Å². The number of nitrogens with two attached hydrogens (primary N) is 1. The standard InChI is InChI=1S/C20H29FN5O8P/c1-5-29-17-14-16(24-19(22)25-17)26(10-23-14)18-20(4,21)15-12(33-18)9-31-35(28,34-15)30-8-6-7-13(27)32-11(2)3/h10-12,15,18H,5-9H2,1-4H3,(H2,22,24,25)/t12-,15-,18-,20-,35+/m1/s1. The highest BCUT2D eigenvalue weighted by molar-refractivity contribution is 7.48. The van der Waals surface area contributed by atoms with Crippen LogP contribution in [0.25, 0.3) is 11.2 Å². The van der Waals surface area contributed by atoms with Crippen LogP contribution < -0.4 is 10.5 Å². The summed E-state index contributed by atoms with van der Waals surface area (Å²) in [5.74, 6) is -0.312. The van der Waals surface area contributed by atoms with Crippen molar-refractivity contribution in [2.45, 2.75) is 70.7 Å². The fourth-order valence-electron chi connectivity index (χ4n) is 3.94. The number of phosphoric ester groups is 1. The molecule has 2 N–H and O–H groups in total. The topological polar surface area (TPSA) is 159 Å². The van der Waals surface area contributed by atoms with Crippen LogP contribution in [0.3, 0.4) is 0 Å². The average Bonchev–Trinajstić information content (AvgIpc) is 3.29. The third-order valence-electron chi connectivity index (χ3n) is 5.40. The minimum atomic E-state index is -4.09. The summed E-state index contributed by atoms with van der Waals surface area (Å²) >= 11 is 0. The minimum Gasteiger partial charge on any atom is -0.476 e. The third-order valence-corrected chi connectivity index (χ3v) is 6.85. The van der Waals surface area contributed by atoms with Crippen molar-refractivity contribution in [3.8, 4) is 5.88 Å². The number of hydrogen-bond acceptors (Lipinski definition) is 12. The van der Waals surface area contributed by atoms with Crippen molar-refractivity contribution in [1.82, 2.24) is 19.5 Å². The number of halogens is 1. The fourth-order valence-corrected chi connectivity index (χ4v) is 5.44. The Morgan fingerprint density at radius 2 is 2.20 bits per heavy atom. The molecule has 2 aromatic rings. The lowest BCUT2D eigenvalue weighted by Gasteiger charge is -2.33. The lowest BCUT2D eigenvalue weighted by atomic mass is 9.98. The SMILES string of the molecule is CCOc1nc(N)nc2c1ncn2[C@@H]1O[C@@H]2CO[P@](=O)(OCCCC(=O)OC(C)C)O[C@H]2[C@@]1(C)F. The average molecular weight is 517 g/mol. The molecule has 0 amide bonds. The number of nitrogens with zero attached hydrogens (tertiary/aromatic N) is 4. The second-order valence-electron chi connectivity index (χ2n) is 8.57. The largest absolute Gasteiger partial charge is 0.476 e. The molecule has 0 unspecified atom stereocenters. The van der Waals surface area contributed by atoms with Gasteiger partial charge in [0.1, 0.15) is 12.2 Å². The molecule has 2 fully saturated rings. The van der Waals surface area contributed by atoms with Crippen molar-refractivity contribution in [2.24, 2.45) is 0 Å². The quantitative estimate of drug-likeness (QED) is 0.295. The Kier molecular flexibility index (Phi) is 7.30. The Bertz CT molecular complexity index is 1130. The Hall–Kier alpha value is -2.38. The van der Waals surface area contributed by atoms with E-state index < -0.39 is 37.9 Å². The lowest BCUT2D eigenvalue weighted by Crippen LogP contribution is -2.44. The molecule has 4 rings (SSSR count). The van der Waals surface area contributed by atoms with Gasteiger partial charge in [0, 0.05) is 6.42 Å². The number of imidazole rings is 1. The zero-order chi connectivity index (χ0) is 25.4. The first-order valence-corrected chi connectivity index (χ1v) is 12.7. The predicted molar refractivity (Wildman–Crippen MR) is 119 cm³/mol.